The molecule has 0 aliphatic carbocycles. The van der Waals surface area contributed by atoms with Crippen LogP contribution in [-0.2, 0) is 5.41 Å². The molecule has 122 valence electrons. The average molecular weight is 314 g/mol. The molecule has 1 atom stereocenters. The van der Waals surface area contributed by atoms with Crippen LogP contribution in [0.4, 0.5) is 0 Å². The predicted octanol–water partition coefficient (Wildman–Crippen LogP) is 2.49. The van der Waals surface area contributed by atoms with Crippen LogP contribution in [0.3, 0.4) is 0 Å². The molecule has 2 N–H and O–H groups in total. The van der Waals surface area contributed by atoms with Crippen LogP contribution in [0.25, 0.3) is 0 Å². The number of aromatic nitrogens is 3. The molecule has 1 amide bonds. The van der Waals surface area contributed by atoms with E-state index in [-0.39, 0.29) is 35.4 Å². The highest BCUT2D eigenvalue weighted by Crippen LogP contribution is 2.17. The normalized spacial score (nSPS) is 12.7. The highest BCUT2D eigenvalue weighted by molar-refractivity contribution is 5.97. The molecular formula is C17H22N4O2. The maximum atomic E-state index is 12.1. The van der Waals surface area contributed by atoms with E-state index in [1.54, 1.807) is 19.1 Å². The van der Waals surface area contributed by atoms with Gasteiger partial charge in [-0.15, -0.1) is 5.10 Å². The molecular weight excluding hydrogens is 292 g/mol. The fraction of sp³-hybridized carbons (Fsp3) is 0.412. The summed E-state index contributed by atoms with van der Waals surface area (Å²) in [6, 6.07) is 8.73. The van der Waals surface area contributed by atoms with E-state index in [0.29, 0.717) is 11.4 Å². The van der Waals surface area contributed by atoms with Gasteiger partial charge in [0.05, 0.1) is 0 Å². The van der Waals surface area contributed by atoms with Crippen LogP contribution in [0.15, 0.2) is 30.3 Å². The molecule has 2 aromatic rings. The number of hydrogen-bond acceptors (Lipinski definition) is 4. The average Bonchev–Trinajstić information content (AvgIpc) is 2.98. The van der Waals surface area contributed by atoms with E-state index in [2.05, 4.69) is 20.5 Å². The number of Topliss-reactive ketones (excluding diaryl/α,β-unsaturated/α-hetero) is 1. The maximum absolute atomic E-state index is 12.1. The van der Waals surface area contributed by atoms with Crippen LogP contribution in [0.5, 0.6) is 0 Å². The third kappa shape index (κ3) is 4.48. The van der Waals surface area contributed by atoms with Crippen LogP contribution in [0.1, 0.15) is 60.9 Å². The summed E-state index contributed by atoms with van der Waals surface area (Å²) in [6.45, 7) is 7.74. The molecule has 2 rings (SSSR count). The van der Waals surface area contributed by atoms with E-state index in [0.717, 1.165) is 0 Å². The Morgan fingerprint density at radius 1 is 1.22 bits per heavy atom. The van der Waals surface area contributed by atoms with Gasteiger partial charge in [-0.2, -0.15) is 0 Å². The van der Waals surface area contributed by atoms with Crippen LogP contribution in [-0.4, -0.2) is 32.9 Å². The number of amides is 1. The Bertz CT molecular complexity index is 686. The molecule has 1 aromatic carbocycles. The second-order valence-corrected chi connectivity index (χ2v) is 6.63. The van der Waals surface area contributed by atoms with Crippen molar-refractivity contribution in [3.8, 4) is 0 Å². The van der Waals surface area contributed by atoms with Gasteiger partial charge in [0, 0.05) is 23.4 Å². The number of H-pyrrole nitrogens is 1. The zero-order chi connectivity index (χ0) is 17.0. The number of hydrogen-bond donors (Lipinski definition) is 2. The number of nitrogens with one attached hydrogen (secondary N) is 2. The van der Waals surface area contributed by atoms with Crippen molar-refractivity contribution in [1.29, 1.82) is 0 Å². The van der Waals surface area contributed by atoms with Gasteiger partial charge in [-0.1, -0.05) is 51.1 Å². The maximum Gasteiger partial charge on any atom is 0.291 e. The molecule has 0 radical (unpaired) electrons. The Morgan fingerprint density at radius 3 is 2.43 bits per heavy atom. The van der Waals surface area contributed by atoms with E-state index in [9.17, 15) is 9.59 Å². The number of rotatable bonds is 5. The summed E-state index contributed by atoms with van der Waals surface area (Å²) in [6.07, 6.45) is 0.228. The Balaban J connectivity index is 1.95. The Kier molecular flexibility index (Phi) is 4.93. The van der Waals surface area contributed by atoms with Crippen molar-refractivity contribution < 1.29 is 9.59 Å². The van der Waals surface area contributed by atoms with Gasteiger partial charge < -0.3 is 5.32 Å². The van der Waals surface area contributed by atoms with Gasteiger partial charge >= 0.3 is 0 Å². The fourth-order valence-electron chi connectivity index (χ4n) is 2.06. The molecule has 6 nitrogen and oxygen atoms in total. The van der Waals surface area contributed by atoms with Crippen LogP contribution in [0.2, 0.25) is 0 Å². The largest absolute Gasteiger partial charge is 0.346 e. The van der Waals surface area contributed by atoms with Crippen molar-refractivity contribution in [2.45, 2.75) is 45.6 Å². The molecule has 0 saturated heterocycles. The highest BCUT2D eigenvalue weighted by Gasteiger charge is 2.22. The first-order valence-electron chi connectivity index (χ1n) is 7.59. The van der Waals surface area contributed by atoms with Gasteiger partial charge in [-0.05, 0) is 6.92 Å². The third-order valence-corrected chi connectivity index (χ3v) is 3.36. The third-order valence-electron chi connectivity index (χ3n) is 3.36. The first-order valence-corrected chi connectivity index (χ1v) is 7.59. The molecule has 0 aliphatic rings. The molecule has 0 saturated carbocycles. The standard InChI is InChI=1S/C17H22N4O2/c1-11(10-13(22)12-8-6-5-7-9-12)18-15(23)14-19-16(21-20-14)17(2,3)4/h5-9,11H,10H2,1-4H3,(H,18,23)(H,19,20,21). The summed E-state index contributed by atoms with van der Waals surface area (Å²) < 4.78 is 0. The van der Waals surface area contributed by atoms with E-state index in [4.69, 9.17) is 0 Å². The quantitative estimate of drug-likeness (QED) is 0.830. The Morgan fingerprint density at radius 2 is 1.87 bits per heavy atom. The molecule has 1 aromatic heterocycles. The number of nitrogens with zero attached hydrogens (tertiary/aromatic N) is 2. The summed E-state index contributed by atoms with van der Waals surface area (Å²) in [5.74, 6) is 0.346. The molecule has 1 unspecified atom stereocenters. The lowest BCUT2D eigenvalue weighted by molar-refractivity contribution is 0.0910. The van der Waals surface area contributed by atoms with Crippen molar-refractivity contribution in [1.82, 2.24) is 20.5 Å². The summed E-state index contributed by atoms with van der Waals surface area (Å²) in [5, 5.41) is 9.47. The lowest BCUT2D eigenvalue weighted by Gasteiger charge is -2.13. The zero-order valence-corrected chi connectivity index (χ0v) is 13.9. The van der Waals surface area contributed by atoms with Crippen LogP contribution >= 0.6 is 0 Å². The molecule has 0 fully saturated rings. The summed E-state index contributed by atoms with van der Waals surface area (Å²) in [5.41, 5.74) is 0.432. The van der Waals surface area contributed by atoms with Gasteiger partial charge in [0.1, 0.15) is 5.82 Å². The van der Waals surface area contributed by atoms with Gasteiger partial charge in [-0.3, -0.25) is 14.7 Å². The van der Waals surface area contributed by atoms with Crippen molar-refractivity contribution >= 4 is 11.7 Å². The van der Waals surface area contributed by atoms with Crippen molar-refractivity contribution in [3.05, 3.63) is 47.5 Å². The van der Waals surface area contributed by atoms with E-state index in [1.807, 2.05) is 39.0 Å². The smallest absolute Gasteiger partial charge is 0.291 e. The lowest BCUT2D eigenvalue weighted by atomic mass is 9.96. The summed E-state index contributed by atoms with van der Waals surface area (Å²) in [7, 11) is 0. The monoisotopic (exact) mass is 314 g/mol. The first kappa shape index (κ1) is 16.9. The number of ketones is 1. The summed E-state index contributed by atoms with van der Waals surface area (Å²) in [4.78, 5) is 28.5. The molecule has 0 spiro atoms. The van der Waals surface area contributed by atoms with Crippen molar-refractivity contribution in [3.63, 3.8) is 0 Å². The summed E-state index contributed by atoms with van der Waals surface area (Å²) >= 11 is 0. The first-order chi connectivity index (χ1) is 10.8. The number of benzene rings is 1. The molecule has 1 heterocycles. The number of aromatic amines is 1. The molecule has 0 bridgehead atoms. The van der Waals surface area contributed by atoms with Crippen molar-refractivity contribution in [2.75, 3.05) is 0 Å². The minimum atomic E-state index is -0.384. The van der Waals surface area contributed by atoms with Gasteiger partial charge in [-0.25, -0.2) is 4.98 Å². The van der Waals surface area contributed by atoms with Crippen molar-refractivity contribution in [2.24, 2.45) is 0 Å². The number of carbonyl (C=O) groups is 2. The zero-order valence-electron chi connectivity index (χ0n) is 13.9. The molecule has 23 heavy (non-hydrogen) atoms. The minimum absolute atomic E-state index is 0.0104. The van der Waals surface area contributed by atoms with E-state index in [1.165, 1.54) is 0 Å². The molecule has 6 heteroatoms. The highest BCUT2D eigenvalue weighted by atomic mass is 16.2. The lowest BCUT2D eigenvalue weighted by Crippen LogP contribution is -2.35. The SMILES string of the molecule is CC(CC(=O)c1ccccc1)NC(=O)c1n[nH]c(C(C)(C)C)n1. The Hall–Kier alpha value is -2.50. The minimum Gasteiger partial charge on any atom is -0.346 e. The second-order valence-electron chi connectivity index (χ2n) is 6.63. The molecule has 0 aliphatic heterocycles. The van der Waals surface area contributed by atoms with E-state index >= 15 is 0 Å². The van der Waals surface area contributed by atoms with Crippen LogP contribution < -0.4 is 5.32 Å². The van der Waals surface area contributed by atoms with E-state index < -0.39 is 0 Å². The second kappa shape index (κ2) is 6.73. The van der Waals surface area contributed by atoms with Gasteiger partial charge in [0.25, 0.3) is 5.91 Å². The van der Waals surface area contributed by atoms with Gasteiger partial charge in [0.15, 0.2) is 5.78 Å². The topological polar surface area (TPSA) is 87.7 Å². The van der Waals surface area contributed by atoms with Crippen LogP contribution in [0, 0.1) is 0 Å². The number of carbonyl (C=O) groups excluding carboxylic acids is 2. The fourth-order valence-corrected chi connectivity index (χ4v) is 2.06. The predicted molar refractivity (Wildman–Crippen MR) is 87.4 cm³/mol. The van der Waals surface area contributed by atoms with Gasteiger partial charge in [0.2, 0.25) is 5.82 Å². The Labute approximate surface area is 135 Å².